The van der Waals surface area contributed by atoms with Gasteiger partial charge in [-0.1, -0.05) is 33.6 Å². The van der Waals surface area contributed by atoms with Gasteiger partial charge in [0.05, 0.1) is 0 Å². The molecule has 2 rings (SSSR count). The van der Waals surface area contributed by atoms with E-state index in [1.54, 1.807) is 0 Å². The normalized spacial score (nSPS) is 12.4. The van der Waals surface area contributed by atoms with E-state index < -0.39 is 0 Å². The van der Waals surface area contributed by atoms with Crippen LogP contribution in [0.4, 0.5) is 0 Å². The molecule has 0 aliphatic rings. The molecule has 2 aromatic rings. The van der Waals surface area contributed by atoms with Crippen LogP contribution in [0, 0.1) is 0 Å². The maximum Gasteiger partial charge on any atom is 0.0464 e. The fraction of sp³-hybridized carbons (Fsp3) is 0.267. The van der Waals surface area contributed by atoms with Crippen LogP contribution in [0.2, 0.25) is 5.02 Å². The summed E-state index contributed by atoms with van der Waals surface area (Å²) in [5.74, 6) is 0. The minimum Gasteiger partial charge on any atom is -0.310 e. The lowest BCUT2D eigenvalue weighted by molar-refractivity contribution is 0.577. The lowest BCUT2D eigenvalue weighted by Crippen LogP contribution is -2.21. The van der Waals surface area contributed by atoms with Crippen molar-refractivity contribution in [3.8, 4) is 0 Å². The third kappa shape index (κ3) is 4.30. The first kappa shape index (κ1) is 14.5. The molecule has 100 valence electrons. The first-order chi connectivity index (χ1) is 9.16. The molecule has 0 saturated heterocycles. The number of rotatable bonds is 5. The molecule has 1 aromatic carbocycles. The summed E-state index contributed by atoms with van der Waals surface area (Å²) in [5.41, 5.74) is 2.41. The maximum atomic E-state index is 6.24. The van der Waals surface area contributed by atoms with Crippen molar-refractivity contribution in [1.29, 1.82) is 0 Å². The fourth-order valence-electron chi connectivity index (χ4n) is 1.95. The standard InChI is InChI=1S/C15H16BrClN2/c1-11(14-3-2-13(16)10-15(14)17)19-9-6-12-4-7-18-8-5-12/h2-5,7-8,10-11,19H,6,9H2,1H3. The highest BCUT2D eigenvalue weighted by atomic mass is 79.9. The Bertz CT molecular complexity index is 531. The second-order valence-electron chi connectivity index (χ2n) is 4.45. The average Bonchev–Trinajstić information content (AvgIpc) is 2.39. The number of nitrogens with zero attached hydrogens (tertiary/aromatic N) is 1. The smallest absolute Gasteiger partial charge is 0.0464 e. The molecule has 4 heteroatoms. The van der Waals surface area contributed by atoms with Crippen molar-refractivity contribution >= 4 is 27.5 Å². The zero-order valence-corrected chi connectivity index (χ0v) is 13.1. The van der Waals surface area contributed by atoms with Crippen molar-refractivity contribution in [3.05, 3.63) is 63.3 Å². The van der Waals surface area contributed by atoms with Gasteiger partial charge in [0.25, 0.3) is 0 Å². The highest BCUT2D eigenvalue weighted by Crippen LogP contribution is 2.26. The molecule has 1 aromatic heterocycles. The van der Waals surface area contributed by atoms with Crippen LogP contribution in [0.25, 0.3) is 0 Å². The molecule has 1 atom stereocenters. The van der Waals surface area contributed by atoms with Gasteiger partial charge in [0.15, 0.2) is 0 Å². The van der Waals surface area contributed by atoms with E-state index in [0.29, 0.717) is 0 Å². The summed E-state index contributed by atoms with van der Waals surface area (Å²) in [6.07, 6.45) is 4.63. The van der Waals surface area contributed by atoms with Crippen molar-refractivity contribution in [2.45, 2.75) is 19.4 Å². The van der Waals surface area contributed by atoms with Crippen LogP contribution in [0.1, 0.15) is 24.1 Å². The van der Waals surface area contributed by atoms with Gasteiger partial charge in [-0.25, -0.2) is 0 Å². The zero-order valence-electron chi connectivity index (χ0n) is 10.7. The van der Waals surface area contributed by atoms with Crippen LogP contribution in [-0.4, -0.2) is 11.5 Å². The third-order valence-electron chi connectivity index (χ3n) is 3.04. The predicted octanol–water partition coefficient (Wildman–Crippen LogP) is 4.39. The van der Waals surface area contributed by atoms with E-state index in [-0.39, 0.29) is 6.04 Å². The maximum absolute atomic E-state index is 6.24. The lowest BCUT2D eigenvalue weighted by Gasteiger charge is -2.16. The van der Waals surface area contributed by atoms with E-state index in [1.165, 1.54) is 5.56 Å². The Morgan fingerprint density at radius 2 is 2.00 bits per heavy atom. The monoisotopic (exact) mass is 338 g/mol. The van der Waals surface area contributed by atoms with Gasteiger partial charge in [-0.05, 0) is 55.3 Å². The van der Waals surface area contributed by atoms with Gasteiger partial charge in [-0.3, -0.25) is 4.98 Å². The summed E-state index contributed by atoms with van der Waals surface area (Å²) in [7, 11) is 0. The molecule has 0 amide bonds. The number of hydrogen-bond acceptors (Lipinski definition) is 2. The quantitative estimate of drug-likeness (QED) is 0.874. The topological polar surface area (TPSA) is 24.9 Å². The van der Waals surface area contributed by atoms with E-state index in [0.717, 1.165) is 28.0 Å². The van der Waals surface area contributed by atoms with Crippen LogP contribution in [0.3, 0.4) is 0 Å². The molecule has 19 heavy (non-hydrogen) atoms. The number of pyridine rings is 1. The van der Waals surface area contributed by atoms with E-state index in [1.807, 2.05) is 36.7 Å². The van der Waals surface area contributed by atoms with Gasteiger partial charge in [-0.2, -0.15) is 0 Å². The summed E-state index contributed by atoms with van der Waals surface area (Å²) >= 11 is 9.66. The van der Waals surface area contributed by atoms with Crippen molar-refractivity contribution < 1.29 is 0 Å². The zero-order chi connectivity index (χ0) is 13.7. The molecule has 0 spiro atoms. The largest absolute Gasteiger partial charge is 0.310 e. The molecule has 1 heterocycles. The Morgan fingerprint density at radius 3 is 2.68 bits per heavy atom. The Balaban J connectivity index is 1.89. The molecule has 2 nitrogen and oxygen atoms in total. The molecular weight excluding hydrogens is 324 g/mol. The summed E-state index contributed by atoms with van der Waals surface area (Å²) in [6, 6.07) is 10.3. The molecule has 0 saturated carbocycles. The molecule has 0 radical (unpaired) electrons. The number of hydrogen-bond donors (Lipinski definition) is 1. The van der Waals surface area contributed by atoms with Crippen LogP contribution in [0.5, 0.6) is 0 Å². The van der Waals surface area contributed by atoms with Gasteiger partial charge >= 0.3 is 0 Å². The van der Waals surface area contributed by atoms with E-state index in [9.17, 15) is 0 Å². The highest BCUT2D eigenvalue weighted by molar-refractivity contribution is 9.10. The number of aromatic nitrogens is 1. The van der Waals surface area contributed by atoms with Crippen LogP contribution >= 0.6 is 27.5 Å². The predicted molar refractivity (Wildman–Crippen MR) is 83.5 cm³/mol. The van der Waals surface area contributed by atoms with Crippen LogP contribution in [0.15, 0.2) is 47.2 Å². The summed E-state index contributed by atoms with van der Waals surface area (Å²) in [4.78, 5) is 4.01. The minimum absolute atomic E-state index is 0.238. The molecule has 0 aliphatic heterocycles. The second kappa shape index (κ2) is 7.04. The van der Waals surface area contributed by atoms with Gasteiger partial charge in [-0.15, -0.1) is 0 Å². The molecule has 0 aliphatic carbocycles. The lowest BCUT2D eigenvalue weighted by atomic mass is 10.1. The Morgan fingerprint density at radius 1 is 1.26 bits per heavy atom. The SMILES string of the molecule is CC(NCCc1ccncc1)c1ccc(Br)cc1Cl. The highest BCUT2D eigenvalue weighted by Gasteiger charge is 2.09. The number of halogens is 2. The van der Waals surface area contributed by atoms with Crippen molar-refractivity contribution in [2.24, 2.45) is 0 Å². The molecule has 1 N–H and O–H groups in total. The molecule has 0 bridgehead atoms. The van der Waals surface area contributed by atoms with Gasteiger partial charge < -0.3 is 5.32 Å². The first-order valence-electron chi connectivity index (χ1n) is 6.24. The second-order valence-corrected chi connectivity index (χ2v) is 5.77. The molecule has 1 unspecified atom stereocenters. The first-order valence-corrected chi connectivity index (χ1v) is 7.41. The van der Waals surface area contributed by atoms with E-state index in [4.69, 9.17) is 11.6 Å². The summed E-state index contributed by atoms with van der Waals surface area (Å²) < 4.78 is 1.00. The minimum atomic E-state index is 0.238. The third-order valence-corrected chi connectivity index (χ3v) is 3.86. The number of nitrogens with one attached hydrogen (secondary N) is 1. The Labute approximate surface area is 127 Å². The van der Waals surface area contributed by atoms with Gasteiger partial charge in [0.1, 0.15) is 0 Å². The van der Waals surface area contributed by atoms with Gasteiger partial charge in [0.2, 0.25) is 0 Å². The summed E-state index contributed by atoms with van der Waals surface area (Å²) in [6.45, 7) is 3.04. The fourth-order valence-corrected chi connectivity index (χ4v) is 2.78. The van der Waals surface area contributed by atoms with Crippen molar-refractivity contribution in [3.63, 3.8) is 0 Å². The summed E-state index contributed by atoms with van der Waals surface area (Å²) in [5, 5.41) is 4.28. The Hall–Kier alpha value is -0.900. The van der Waals surface area contributed by atoms with Crippen molar-refractivity contribution in [1.82, 2.24) is 10.3 Å². The van der Waals surface area contributed by atoms with E-state index in [2.05, 4.69) is 39.2 Å². The van der Waals surface area contributed by atoms with Crippen LogP contribution < -0.4 is 5.32 Å². The van der Waals surface area contributed by atoms with Gasteiger partial charge in [0, 0.05) is 27.9 Å². The van der Waals surface area contributed by atoms with E-state index >= 15 is 0 Å². The Kier molecular flexibility index (Phi) is 5.37. The van der Waals surface area contributed by atoms with Crippen molar-refractivity contribution in [2.75, 3.05) is 6.54 Å². The average molecular weight is 340 g/mol. The van der Waals surface area contributed by atoms with Crippen LogP contribution in [-0.2, 0) is 6.42 Å². The number of benzene rings is 1. The molecular formula is C15H16BrClN2. The molecule has 0 fully saturated rings.